The third-order valence-corrected chi connectivity index (χ3v) is 4.11. The molecule has 4 rings (SSSR count). The number of ether oxygens (including phenoxy) is 3. The number of nitrogens with zero attached hydrogens (tertiary/aromatic N) is 4. The number of nitrogen functional groups attached to an aromatic ring is 1. The monoisotopic (exact) mass is 335 g/mol. The average molecular weight is 335 g/mol. The Bertz CT molecular complexity index is 759. The van der Waals surface area contributed by atoms with E-state index in [0.29, 0.717) is 17.8 Å². The molecule has 2 aromatic rings. The molecule has 3 atom stereocenters. The van der Waals surface area contributed by atoms with E-state index in [0.717, 1.165) is 19.3 Å². The van der Waals surface area contributed by atoms with Crippen molar-refractivity contribution < 1.29 is 18.6 Å². The highest BCUT2D eigenvalue weighted by atomic mass is 19.1. The molecule has 2 N–H and O–H groups in total. The van der Waals surface area contributed by atoms with Gasteiger partial charge >= 0.3 is 0 Å². The molecule has 2 aliphatic rings. The van der Waals surface area contributed by atoms with Gasteiger partial charge in [-0.3, -0.25) is 4.57 Å². The lowest BCUT2D eigenvalue weighted by molar-refractivity contribution is -0.178. The fraction of sp³-hybridized carbons (Fsp3) is 0.533. The number of rotatable bonds is 4. The second-order valence-corrected chi connectivity index (χ2v) is 5.79. The van der Waals surface area contributed by atoms with Gasteiger partial charge in [0.15, 0.2) is 24.0 Å². The largest absolute Gasteiger partial charge is 0.382 e. The van der Waals surface area contributed by atoms with Crippen molar-refractivity contribution in [2.45, 2.75) is 37.9 Å². The van der Waals surface area contributed by atoms with Crippen molar-refractivity contribution in [1.29, 1.82) is 0 Å². The molecular formula is C15H18FN5O3. The molecule has 0 aromatic carbocycles. The van der Waals surface area contributed by atoms with Crippen molar-refractivity contribution in [3.05, 3.63) is 24.6 Å². The van der Waals surface area contributed by atoms with Gasteiger partial charge in [-0.1, -0.05) is 0 Å². The summed E-state index contributed by atoms with van der Waals surface area (Å²) in [7, 11) is 0. The lowest BCUT2D eigenvalue weighted by Gasteiger charge is -2.24. The number of nitrogens with two attached hydrogens (primary N) is 1. The van der Waals surface area contributed by atoms with Crippen LogP contribution in [0.3, 0.4) is 0 Å². The molecule has 0 spiro atoms. The van der Waals surface area contributed by atoms with Gasteiger partial charge in [0.1, 0.15) is 23.8 Å². The first-order chi connectivity index (χ1) is 11.7. The Morgan fingerprint density at radius 2 is 2.25 bits per heavy atom. The van der Waals surface area contributed by atoms with Gasteiger partial charge in [0, 0.05) is 6.61 Å². The maximum absolute atomic E-state index is 14.3. The normalized spacial score (nSPS) is 27.5. The van der Waals surface area contributed by atoms with Gasteiger partial charge in [0.05, 0.1) is 12.9 Å². The van der Waals surface area contributed by atoms with Crippen LogP contribution in [0.25, 0.3) is 11.2 Å². The Morgan fingerprint density at radius 1 is 1.33 bits per heavy atom. The van der Waals surface area contributed by atoms with Gasteiger partial charge in [0.2, 0.25) is 0 Å². The van der Waals surface area contributed by atoms with Crippen LogP contribution in [0.2, 0.25) is 0 Å². The summed E-state index contributed by atoms with van der Waals surface area (Å²) in [6.07, 6.45) is 5.49. The van der Waals surface area contributed by atoms with Gasteiger partial charge in [-0.15, -0.1) is 0 Å². The summed E-state index contributed by atoms with van der Waals surface area (Å²) in [5.74, 6) is -0.167. The quantitative estimate of drug-likeness (QED) is 0.908. The average Bonchev–Trinajstić information content (AvgIpc) is 3.18. The Morgan fingerprint density at radius 3 is 3.08 bits per heavy atom. The highest BCUT2D eigenvalue weighted by Crippen LogP contribution is 2.32. The predicted octanol–water partition coefficient (Wildman–Crippen LogP) is 1.70. The standard InChI is InChI=1S/C15H18FN5O3/c16-10-5-9(6-23-11-3-1-2-4-22-11)24-15(10)21-8-20-12-13(17)18-7-19-14(12)21/h5,7-9,11,15H,1-4,6H2,(H2,17,18,19)/t9-,11?,15+/m0/s1. The molecule has 2 aromatic heterocycles. The van der Waals surface area contributed by atoms with Crippen molar-refractivity contribution in [1.82, 2.24) is 19.5 Å². The summed E-state index contributed by atoms with van der Waals surface area (Å²) in [6.45, 7) is 0.934. The first-order valence-electron chi connectivity index (χ1n) is 7.91. The van der Waals surface area contributed by atoms with Crippen molar-refractivity contribution in [2.75, 3.05) is 18.9 Å². The topological polar surface area (TPSA) is 97.3 Å². The summed E-state index contributed by atoms with van der Waals surface area (Å²) < 4.78 is 32.7. The zero-order valence-corrected chi connectivity index (χ0v) is 13.0. The highest BCUT2D eigenvalue weighted by molar-refractivity contribution is 5.81. The molecular weight excluding hydrogens is 317 g/mol. The van der Waals surface area contributed by atoms with Gasteiger partial charge in [-0.05, 0) is 25.3 Å². The molecule has 2 aliphatic heterocycles. The van der Waals surface area contributed by atoms with E-state index in [-0.39, 0.29) is 18.7 Å². The van der Waals surface area contributed by atoms with Crippen LogP contribution in [0, 0.1) is 0 Å². The van der Waals surface area contributed by atoms with Crippen LogP contribution in [0.5, 0.6) is 0 Å². The van der Waals surface area contributed by atoms with Crippen LogP contribution in [0.4, 0.5) is 10.2 Å². The minimum atomic E-state index is -0.926. The van der Waals surface area contributed by atoms with Gasteiger partial charge in [-0.25, -0.2) is 19.3 Å². The number of halogens is 1. The Hall–Kier alpha value is -2.10. The molecule has 0 radical (unpaired) electrons. The Labute approximate surface area is 137 Å². The third-order valence-electron chi connectivity index (χ3n) is 4.11. The van der Waals surface area contributed by atoms with Crippen LogP contribution >= 0.6 is 0 Å². The number of fused-ring (bicyclic) bond motifs is 1. The SMILES string of the molecule is Nc1ncnc2c1ncn2[C@@H]1O[C@H](COC2CCCCO2)C=C1F. The molecule has 0 bridgehead atoms. The van der Waals surface area contributed by atoms with Crippen LogP contribution < -0.4 is 5.73 Å². The van der Waals surface area contributed by atoms with Crippen LogP contribution in [-0.2, 0) is 14.2 Å². The van der Waals surface area contributed by atoms with Gasteiger partial charge in [-0.2, -0.15) is 0 Å². The molecule has 1 unspecified atom stereocenters. The number of aromatic nitrogens is 4. The molecule has 0 amide bonds. The molecule has 4 heterocycles. The van der Waals surface area contributed by atoms with Crippen molar-refractivity contribution in [3.63, 3.8) is 0 Å². The second-order valence-electron chi connectivity index (χ2n) is 5.79. The van der Waals surface area contributed by atoms with E-state index in [1.807, 2.05) is 0 Å². The van der Waals surface area contributed by atoms with Crippen molar-refractivity contribution in [2.24, 2.45) is 0 Å². The Balaban J connectivity index is 1.45. The summed E-state index contributed by atoms with van der Waals surface area (Å²) >= 11 is 0. The second kappa shape index (κ2) is 6.42. The van der Waals surface area contributed by atoms with E-state index < -0.39 is 18.2 Å². The van der Waals surface area contributed by atoms with Crippen molar-refractivity contribution >= 4 is 17.0 Å². The summed E-state index contributed by atoms with van der Waals surface area (Å²) in [5.41, 5.74) is 6.60. The maximum atomic E-state index is 14.3. The third kappa shape index (κ3) is 2.85. The molecule has 1 saturated heterocycles. The van der Waals surface area contributed by atoms with Gasteiger partial charge in [0.25, 0.3) is 0 Å². The predicted molar refractivity (Wildman–Crippen MR) is 82.4 cm³/mol. The smallest absolute Gasteiger partial charge is 0.189 e. The number of hydrogen-bond donors (Lipinski definition) is 1. The summed E-state index contributed by atoms with van der Waals surface area (Å²) in [6, 6.07) is 0. The van der Waals surface area contributed by atoms with Crippen LogP contribution in [-0.4, -0.2) is 45.1 Å². The fourth-order valence-electron chi connectivity index (χ4n) is 2.90. The van der Waals surface area contributed by atoms with E-state index in [4.69, 9.17) is 19.9 Å². The molecule has 0 saturated carbocycles. The lowest BCUT2D eigenvalue weighted by Crippen LogP contribution is -2.27. The highest BCUT2D eigenvalue weighted by Gasteiger charge is 2.31. The van der Waals surface area contributed by atoms with Gasteiger partial charge < -0.3 is 19.9 Å². The molecule has 24 heavy (non-hydrogen) atoms. The first kappa shape index (κ1) is 15.4. The van der Waals surface area contributed by atoms with E-state index in [2.05, 4.69) is 15.0 Å². The molecule has 1 fully saturated rings. The minimum Gasteiger partial charge on any atom is -0.382 e. The molecule has 0 aliphatic carbocycles. The van der Waals surface area contributed by atoms with E-state index >= 15 is 0 Å². The first-order valence-corrected chi connectivity index (χ1v) is 7.91. The number of hydrogen-bond acceptors (Lipinski definition) is 7. The molecule has 8 nitrogen and oxygen atoms in total. The number of anilines is 1. The lowest BCUT2D eigenvalue weighted by atomic mass is 10.2. The Kier molecular flexibility index (Phi) is 4.13. The summed E-state index contributed by atoms with van der Waals surface area (Å²) in [4.78, 5) is 12.1. The zero-order valence-electron chi connectivity index (χ0n) is 13.0. The molecule has 128 valence electrons. The van der Waals surface area contributed by atoms with E-state index in [1.54, 1.807) is 0 Å². The number of imidazole rings is 1. The molecule has 9 heteroatoms. The van der Waals surface area contributed by atoms with Crippen LogP contribution in [0.15, 0.2) is 24.6 Å². The fourth-order valence-corrected chi connectivity index (χ4v) is 2.90. The van der Waals surface area contributed by atoms with Crippen molar-refractivity contribution in [3.8, 4) is 0 Å². The maximum Gasteiger partial charge on any atom is 0.189 e. The zero-order chi connectivity index (χ0) is 16.5. The van der Waals surface area contributed by atoms with E-state index in [1.165, 1.54) is 23.3 Å². The summed E-state index contributed by atoms with van der Waals surface area (Å²) in [5, 5.41) is 0. The van der Waals surface area contributed by atoms with E-state index in [9.17, 15) is 4.39 Å². The van der Waals surface area contributed by atoms with Crippen LogP contribution in [0.1, 0.15) is 25.5 Å². The minimum absolute atomic E-state index is 0.234.